The van der Waals surface area contributed by atoms with Gasteiger partial charge in [0.25, 0.3) is 0 Å². The van der Waals surface area contributed by atoms with Gasteiger partial charge in [0, 0.05) is 24.6 Å². The maximum Gasteiger partial charge on any atom is 0.391 e. The van der Waals surface area contributed by atoms with E-state index in [9.17, 15) is 13.2 Å². The van der Waals surface area contributed by atoms with Gasteiger partial charge in [-0.3, -0.25) is 0 Å². The fourth-order valence-electron chi connectivity index (χ4n) is 3.59. The van der Waals surface area contributed by atoms with E-state index in [0.717, 1.165) is 25.0 Å². The van der Waals surface area contributed by atoms with Crippen molar-refractivity contribution in [3.63, 3.8) is 0 Å². The lowest BCUT2D eigenvalue weighted by molar-refractivity contribution is -0.183. The molecule has 0 radical (unpaired) electrons. The summed E-state index contributed by atoms with van der Waals surface area (Å²) in [6.07, 6.45) is -0.529. The van der Waals surface area contributed by atoms with Gasteiger partial charge in [0.2, 0.25) is 0 Å². The third-order valence-corrected chi connectivity index (χ3v) is 5.20. The number of aromatic nitrogens is 1. The molecule has 1 fully saturated rings. The van der Waals surface area contributed by atoms with Crippen molar-refractivity contribution in [2.45, 2.75) is 84.0 Å². The number of halogens is 4. The molecule has 2 rings (SSSR count). The number of aliphatic imine (C=N–C) groups is 1. The van der Waals surface area contributed by atoms with Gasteiger partial charge in [-0.05, 0) is 39.0 Å². The quantitative estimate of drug-likeness (QED) is 0.291. The van der Waals surface area contributed by atoms with Crippen LogP contribution < -0.4 is 10.6 Å². The number of nitrogens with zero attached hydrogens (tertiary/aromatic N) is 2. The summed E-state index contributed by atoms with van der Waals surface area (Å²) in [5, 5.41) is 10.4. The molecule has 1 aromatic rings. The molecule has 5 nitrogen and oxygen atoms in total. The highest BCUT2D eigenvalue weighted by Crippen LogP contribution is 2.37. The van der Waals surface area contributed by atoms with Gasteiger partial charge in [0.15, 0.2) is 11.7 Å². The SMILES string of the molecule is CCNC(=NCc1cc(C(CC)CC)no1)NC1CCCC(C(F)(F)F)C1.I. The highest BCUT2D eigenvalue weighted by Gasteiger charge is 2.42. The molecular weight excluding hydrogens is 484 g/mol. The van der Waals surface area contributed by atoms with Crippen molar-refractivity contribution in [2.75, 3.05) is 6.54 Å². The highest BCUT2D eigenvalue weighted by molar-refractivity contribution is 14.0. The van der Waals surface area contributed by atoms with Crippen LogP contribution in [0.15, 0.2) is 15.6 Å². The van der Waals surface area contributed by atoms with Crippen molar-refractivity contribution in [3.05, 3.63) is 17.5 Å². The van der Waals surface area contributed by atoms with Crippen molar-refractivity contribution in [2.24, 2.45) is 10.9 Å². The summed E-state index contributed by atoms with van der Waals surface area (Å²) in [5.41, 5.74) is 0.934. The van der Waals surface area contributed by atoms with Crippen LogP contribution in [0, 0.1) is 5.92 Å². The third-order valence-electron chi connectivity index (χ3n) is 5.20. The zero-order valence-corrected chi connectivity index (χ0v) is 19.1. The molecule has 2 atom stereocenters. The van der Waals surface area contributed by atoms with Crippen molar-refractivity contribution >= 4 is 29.9 Å². The van der Waals surface area contributed by atoms with E-state index < -0.39 is 12.1 Å². The molecule has 1 aromatic heterocycles. The zero-order chi connectivity index (χ0) is 19.9. The monoisotopic (exact) mass is 516 g/mol. The topological polar surface area (TPSA) is 62.5 Å². The van der Waals surface area contributed by atoms with Gasteiger partial charge in [-0.2, -0.15) is 13.2 Å². The Morgan fingerprint density at radius 1 is 1.29 bits per heavy atom. The van der Waals surface area contributed by atoms with Crippen LogP contribution in [0.3, 0.4) is 0 Å². The van der Waals surface area contributed by atoms with Crippen LogP contribution in [-0.4, -0.2) is 29.9 Å². The first kappa shape index (κ1) is 25.0. The molecule has 2 N–H and O–H groups in total. The van der Waals surface area contributed by atoms with Crippen LogP contribution >= 0.6 is 24.0 Å². The summed E-state index contributed by atoms with van der Waals surface area (Å²) in [7, 11) is 0. The number of guanidine groups is 1. The van der Waals surface area contributed by atoms with E-state index in [0.29, 0.717) is 37.1 Å². The average molecular weight is 516 g/mol. The van der Waals surface area contributed by atoms with E-state index in [1.54, 1.807) is 0 Å². The van der Waals surface area contributed by atoms with Gasteiger partial charge in [-0.15, -0.1) is 24.0 Å². The number of rotatable bonds is 7. The molecule has 0 spiro atoms. The van der Waals surface area contributed by atoms with Crippen molar-refractivity contribution in [1.29, 1.82) is 0 Å². The lowest BCUT2D eigenvalue weighted by Gasteiger charge is -2.31. The molecule has 1 aliphatic carbocycles. The standard InChI is InChI=1S/C19H31F3N4O.HI/c1-4-13(5-2)17-11-16(27-26-17)12-24-18(23-6-3)25-15-9-7-8-14(10-15)19(20,21)22;/h11,13-15H,4-10,12H2,1-3H3,(H2,23,24,25);1H. The van der Waals surface area contributed by atoms with Crippen molar-refractivity contribution in [1.82, 2.24) is 15.8 Å². The normalized spacial score (nSPS) is 20.8. The summed E-state index contributed by atoms with van der Waals surface area (Å²) in [5.74, 6) is 0.319. The molecule has 0 aromatic carbocycles. The lowest BCUT2D eigenvalue weighted by Crippen LogP contribution is -2.46. The molecule has 1 saturated carbocycles. The second-order valence-electron chi connectivity index (χ2n) is 7.17. The number of nitrogens with one attached hydrogen (secondary N) is 2. The average Bonchev–Trinajstić information content (AvgIpc) is 3.09. The van der Waals surface area contributed by atoms with Gasteiger partial charge >= 0.3 is 6.18 Å². The Labute approximate surface area is 182 Å². The summed E-state index contributed by atoms with van der Waals surface area (Å²) >= 11 is 0. The van der Waals surface area contributed by atoms with E-state index >= 15 is 0 Å². The largest absolute Gasteiger partial charge is 0.391 e. The molecule has 0 aliphatic heterocycles. The molecular formula is C19H32F3IN4O. The Hall–Kier alpha value is -1.00. The van der Waals surface area contributed by atoms with Crippen LogP contribution in [0.4, 0.5) is 13.2 Å². The maximum atomic E-state index is 13.0. The van der Waals surface area contributed by atoms with E-state index in [1.165, 1.54) is 0 Å². The molecule has 28 heavy (non-hydrogen) atoms. The summed E-state index contributed by atoms with van der Waals surface area (Å²) in [4.78, 5) is 4.47. The second kappa shape index (κ2) is 11.9. The fraction of sp³-hybridized carbons (Fsp3) is 0.789. The minimum Gasteiger partial charge on any atom is -0.359 e. The summed E-state index contributed by atoms with van der Waals surface area (Å²) in [6.45, 7) is 7.10. The first-order valence-electron chi connectivity index (χ1n) is 9.94. The first-order valence-corrected chi connectivity index (χ1v) is 9.94. The van der Waals surface area contributed by atoms with E-state index in [1.807, 2.05) is 13.0 Å². The first-order chi connectivity index (χ1) is 12.9. The minimum absolute atomic E-state index is 0. The third kappa shape index (κ3) is 7.44. The van der Waals surface area contributed by atoms with Crippen LogP contribution in [0.5, 0.6) is 0 Å². The number of alkyl halides is 3. The molecule has 162 valence electrons. The number of hydrogen-bond donors (Lipinski definition) is 2. The van der Waals surface area contributed by atoms with Crippen LogP contribution in [0.1, 0.15) is 76.7 Å². The fourth-order valence-corrected chi connectivity index (χ4v) is 3.59. The van der Waals surface area contributed by atoms with Crippen LogP contribution in [-0.2, 0) is 6.54 Å². The molecule has 1 aliphatic rings. The molecule has 9 heteroatoms. The summed E-state index contributed by atoms with van der Waals surface area (Å²) in [6, 6.07) is 1.70. The van der Waals surface area contributed by atoms with E-state index in [2.05, 4.69) is 34.6 Å². The van der Waals surface area contributed by atoms with Gasteiger partial charge in [0.1, 0.15) is 6.54 Å². The minimum atomic E-state index is -4.12. The van der Waals surface area contributed by atoms with E-state index in [-0.39, 0.29) is 42.9 Å². The predicted octanol–water partition coefficient (Wildman–Crippen LogP) is 5.37. The summed E-state index contributed by atoms with van der Waals surface area (Å²) < 4.78 is 44.4. The Morgan fingerprint density at radius 2 is 2.00 bits per heavy atom. The maximum absolute atomic E-state index is 13.0. The molecule has 0 amide bonds. The van der Waals surface area contributed by atoms with Gasteiger partial charge < -0.3 is 15.2 Å². The Balaban J connectivity index is 0.00000392. The second-order valence-corrected chi connectivity index (χ2v) is 7.17. The van der Waals surface area contributed by atoms with Crippen molar-refractivity contribution < 1.29 is 17.7 Å². The zero-order valence-electron chi connectivity index (χ0n) is 16.8. The lowest BCUT2D eigenvalue weighted by atomic mass is 9.85. The Morgan fingerprint density at radius 3 is 2.61 bits per heavy atom. The Kier molecular flexibility index (Phi) is 10.6. The van der Waals surface area contributed by atoms with Gasteiger partial charge in [-0.25, -0.2) is 4.99 Å². The molecule has 0 bridgehead atoms. The highest BCUT2D eigenvalue weighted by atomic mass is 127. The van der Waals surface area contributed by atoms with Gasteiger partial charge in [-0.1, -0.05) is 25.4 Å². The van der Waals surface area contributed by atoms with Crippen LogP contribution in [0.25, 0.3) is 0 Å². The molecule has 1 heterocycles. The number of hydrogen-bond acceptors (Lipinski definition) is 3. The van der Waals surface area contributed by atoms with Gasteiger partial charge in [0.05, 0.1) is 11.6 Å². The van der Waals surface area contributed by atoms with Crippen LogP contribution in [0.2, 0.25) is 0 Å². The Bertz CT molecular complexity index is 602. The van der Waals surface area contributed by atoms with E-state index in [4.69, 9.17) is 4.52 Å². The smallest absolute Gasteiger partial charge is 0.359 e. The van der Waals surface area contributed by atoms with Crippen molar-refractivity contribution in [3.8, 4) is 0 Å². The molecule has 2 unspecified atom stereocenters. The predicted molar refractivity (Wildman–Crippen MR) is 115 cm³/mol. The molecule has 0 saturated heterocycles.